The molecule has 134 valence electrons. The summed E-state index contributed by atoms with van der Waals surface area (Å²) < 4.78 is 5.30. The smallest absolute Gasteiger partial charge is 0.343 e. The van der Waals surface area contributed by atoms with Crippen molar-refractivity contribution in [1.29, 1.82) is 0 Å². The third-order valence-electron chi connectivity index (χ3n) is 4.87. The maximum Gasteiger partial charge on any atom is 0.343 e. The average molecular weight is 343 g/mol. The minimum absolute atomic E-state index is 0.0929. The van der Waals surface area contributed by atoms with Crippen molar-refractivity contribution in [1.82, 2.24) is 10.1 Å². The van der Waals surface area contributed by atoms with E-state index in [2.05, 4.69) is 22.4 Å². The molecule has 1 aliphatic carbocycles. The van der Waals surface area contributed by atoms with Gasteiger partial charge in [0.2, 0.25) is 0 Å². The van der Waals surface area contributed by atoms with Crippen molar-refractivity contribution in [3.05, 3.63) is 35.9 Å². The van der Waals surface area contributed by atoms with Gasteiger partial charge >= 0.3 is 5.97 Å². The first-order valence-electron chi connectivity index (χ1n) is 8.89. The predicted molar refractivity (Wildman–Crippen MR) is 96.9 cm³/mol. The van der Waals surface area contributed by atoms with Crippen molar-refractivity contribution in [2.45, 2.75) is 38.1 Å². The van der Waals surface area contributed by atoms with Crippen molar-refractivity contribution in [3.8, 4) is 11.3 Å². The Morgan fingerprint density at radius 1 is 1.32 bits per heavy atom. The van der Waals surface area contributed by atoms with E-state index in [1.807, 2.05) is 30.3 Å². The van der Waals surface area contributed by atoms with E-state index in [-0.39, 0.29) is 5.56 Å². The molecule has 3 rings (SSSR count). The zero-order chi connectivity index (χ0) is 17.6. The summed E-state index contributed by atoms with van der Waals surface area (Å²) in [4.78, 5) is 14.1. The summed E-state index contributed by atoms with van der Waals surface area (Å²) >= 11 is 0. The van der Waals surface area contributed by atoms with Crippen LogP contribution in [0.3, 0.4) is 0 Å². The Morgan fingerprint density at radius 2 is 2.04 bits per heavy atom. The number of aromatic nitrogens is 1. The molecule has 1 saturated carbocycles. The molecule has 0 amide bonds. The highest BCUT2D eigenvalue weighted by Crippen LogP contribution is 2.29. The van der Waals surface area contributed by atoms with Gasteiger partial charge in [-0.25, -0.2) is 4.79 Å². The van der Waals surface area contributed by atoms with E-state index in [1.165, 1.54) is 25.7 Å². The molecule has 1 fully saturated rings. The maximum atomic E-state index is 11.6. The number of hydrogen-bond donors (Lipinski definition) is 2. The molecule has 1 aliphatic rings. The SMILES string of the molecule is CN(CCCNc1noc(-c2ccccc2)c1C(=O)O)C1CCCC1. The van der Waals surface area contributed by atoms with Gasteiger partial charge in [-0.15, -0.1) is 0 Å². The van der Waals surface area contributed by atoms with Gasteiger partial charge in [0.25, 0.3) is 0 Å². The van der Waals surface area contributed by atoms with Crippen molar-refractivity contribution >= 4 is 11.8 Å². The average Bonchev–Trinajstić information content (AvgIpc) is 3.29. The highest BCUT2D eigenvalue weighted by atomic mass is 16.5. The number of anilines is 1. The first-order chi connectivity index (χ1) is 12.2. The summed E-state index contributed by atoms with van der Waals surface area (Å²) in [5.41, 5.74) is 0.803. The van der Waals surface area contributed by atoms with Gasteiger partial charge in [0.1, 0.15) is 0 Å². The van der Waals surface area contributed by atoms with Crippen LogP contribution < -0.4 is 5.32 Å². The third kappa shape index (κ3) is 4.20. The molecule has 2 aromatic rings. The van der Waals surface area contributed by atoms with Crippen LogP contribution in [0.15, 0.2) is 34.9 Å². The van der Waals surface area contributed by atoms with E-state index in [1.54, 1.807) is 0 Å². The number of nitrogens with one attached hydrogen (secondary N) is 1. The van der Waals surface area contributed by atoms with Crippen LogP contribution in [0.2, 0.25) is 0 Å². The lowest BCUT2D eigenvalue weighted by molar-refractivity contribution is 0.0698. The maximum absolute atomic E-state index is 11.6. The molecular formula is C19H25N3O3. The second-order valence-corrected chi connectivity index (χ2v) is 6.61. The Kier molecular flexibility index (Phi) is 5.71. The molecule has 0 bridgehead atoms. The first-order valence-corrected chi connectivity index (χ1v) is 8.89. The first kappa shape index (κ1) is 17.5. The summed E-state index contributed by atoms with van der Waals surface area (Å²) in [6.45, 7) is 1.65. The van der Waals surface area contributed by atoms with E-state index < -0.39 is 5.97 Å². The number of carboxylic acid groups (broad SMARTS) is 1. The van der Waals surface area contributed by atoms with E-state index in [0.717, 1.165) is 13.0 Å². The Balaban J connectivity index is 1.59. The second kappa shape index (κ2) is 8.16. The molecule has 0 atom stereocenters. The van der Waals surface area contributed by atoms with Crippen LogP contribution >= 0.6 is 0 Å². The molecule has 25 heavy (non-hydrogen) atoms. The van der Waals surface area contributed by atoms with Crippen molar-refractivity contribution < 1.29 is 14.4 Å². The molecule has 1 heterocycles. The van der Waals surface area contributed by atoms with Gasteiger partial charge < -0.3 is 19.8 Å². The van der Waals surface area contributed by atoms with Crippen LogP contribution in [0.25, 0.3) is 11.3 Å². The zero-order valence-corrected chi connectivity index (χ0v) is 14.6. The fraction of sp³-hybridized carbons (Fsp3) is 0.474. The summed E-state index contributed by atoms with van der Waals surface area (Å²) in [5.74, 6) is -0.445. The largest absolute Gasteiger partial charge is 0.477 e. The lowest BCUT2D eigenvalue weighted by atomic mass is 10.1. The number of benzene rings is 1. The molecule has 0 spiro atoms. The van der Waals surface area contributed by atoms with Gasteiger partial charge in [0, 0.05) is 18.2 Å². The summed E-state index contributed by atoms with van der Waals surface area (Å²) in [6.07, 6.45) is 6.17. The normalized spacial score (nSPS) is 15.0. The van der Waals surface area contributed by atoms with Crippen molar-refractivity contribution in [3.63, 3.8) is 0 Å². The van der Waals surface area contributed by atoms with E-state index in [4.69, 9.17) is 4.52 Å². The third-order valence-corrected chi connectivity index (χ3v) is 4.87. The van der Waals surface area contributed by atoms with Crippen LogP contribution in [-0.4, -0.2) is 47.3 Å². The predicted octanol–water partition coefficient (Wildman–Crippen LogP) is 3.72. The van der Waals surface area contributed by atoms with Gasteiger partial charge in [-0.05, 0) is 32.9 Å². The summed E-state index contributed by atoms with van der Waals surface area (Å²) in [7, 11) is 2.17. The fourth-order valence-electron chi connectivity index (χ4n) is 3.46. The van der Waals surface area contributed by atoms with Crippen LogP contribution in [0.4, 0.5) is 5.82 Å². The van der Waals surface area contributed by atoms with Gasteiger partial charge in [-0.1, -0.05) is 48.3 Å². The summed E-state index contributed by atoms with van der Waals surface area (Å²) in [5, 5.41) is 16.6. The van der Waals surface area contributed by atoms with Crippen LogP contribution in [-0.2, 0) is 0 Å². The molecule has 0 saturated heterocycles. The zero-order valence-electron chi connectivity index (χ0n) is 14.6. The van der Waals surface area contributed by atoms with E-state index in [9.17, 15) is 9.90 Å². The monoisotopic (exact) mass is 343 g/mol. The Hall–Kier alpha value is -2.34. The number of hydrogen-bond acceptors (Lipinski definition) is 5. The quantitative estimate of drug-likeness (QED) is 0.711. The lowest BCUT2D eigenvalue weighted by Gasteiger charge is -2.23. The molecule has 0 unspecified atom stereocenters. The Labute approximate surface area is 147 Å². The minimum Gasteiger partial charge on any atom is -0.477 e. The van der Waals surface area contributed by atoms with Crippen molar-refractivity contribution in [2.24, 2.45) is 0 Å². The van der Waals surface area contributed by atoms with Gasteiger partial charge in [0.15, 0.2) is 17.1 Å². The van der Waals surface area contributed by atoms with Crippen LogP contribution in [0.5, 0.6) is 0 Å². The highest BCUT2D eigenvalue weighted by Gasteiger charge is 2.23. The van der Waals surface area contributed by atoms with Crippen LogP contribution in [0, 0.1) is 0 Å². The van der Waals surface area contributed by atoms with Gasteiger partial charge in [0.05, 0.1) is 0 Å². The van der Waals surface area contributed by atoms with Crippen molar-refractivity contribution in [2.75, 3.05) is 25.5 Å². The molecule has 1 aromatic heterocycles. The molecule has 0 radical (unpaired) electrons. The Morgan fingerprint density at radius 3 is 2.72 bits per heavy atom. The number of nitrogens with zero attached hydrogens (tertiary/aromatic N) is 2. The molecule has 6 nitrogen and oxygen atoms in total. The number of rotatable bonds is 8. The minimum atomic E-state index is -1.04. The Bertz CT molecular complexity index is 693. The van der Waals surface area contributed by atoms with Crippen LogP contribution in [0.1, 0.15) is 42.5 Å². The number of aromatic carboxylic acids is 1. The second-order valence-electron chi connectivity index (χ2n) is 6.61. The topological polar surface area (TPSA) is 78.6 Å². The number of carbonyl (C=O) groups is 1. The molecule has 1 aromatic carbocycles. The number of carboxylic acids is 1. The standard InChI is InChI=1S/C19H25N3O3/c1-22(15-10-5-6-11-15)13-7-12-20-18-16(19(23)24)17(25-21-18)14-8-3-2-4-9-14/h2-4,8-9,15H,5-7,10-13H2,1H3,(H,20,21)(H,23,24). The molecule has 0 aliphatic heterocycles. The lowest BCUT2D eigenvalue weighted by Crippen LogP contribution is -2.31. The highest BCUT2D eigenvalue weighted by molar-refractivity contribution is 5.99. The van der Waals surface area contributed by atoms with E-state index in [0.29, 0.717) is 29.7 Å². The van der Waals surface area contributed by atoms with E-state index >= 15 is 0 Å². The van der Waals surface area contributed by atoms with Gasteiger partial charge in [-0.3, -0.25) is 0 Å². The molecule has 6 heteroatoms. The molecule has 2 N–H and O–H groups in total. The fourth-order valence-corrected chi connectivity index (χ4v) is 3.46. The molecular weight excluding hydrogens is 318 g/mol. The summed E-state index contributed by atoms with van der Waals surface area (Å²) in [6, 6.07) is 9.89. The van der Waals surface area contributed by atoms with Gasteiger partial charge in [-0.2, -0.15) is 0 Å².